The summed E-state index contributed by atoms with van der Waals surface area (Å²) in [6.07, 6.45) is 5.52. The lowest BCUT2D eigenvalue weighted by atomic mass is 10.0. The van der Waals surface area contributed by atoms with E-state index in [9.17, 15) is 4.79 Å². The Morgan fingerprint density at radius 3 is 2.96 bits per heavy atom. The van der Waals surface area contributed by atoms with Crippen molar-refractivity contribution in [3.05, 3.63) is 35.7 Å². The molecule has 2 aromatic rings. The summed E-state index contributed by atoms with van der Waals surface area (Å²) in [4.78, 5) is 19.0. The fraction of sp³-hybridized carbons (Fsp3) is 0.650. The van der Waals surface area contributed by atoms with Crippen LogP contribution >= 0.6 is 0 Å². The van der Waals surface area contributed by atoms with E-state index >= 15 is 0 Å². The van der Waals surface area contributed by atoms with Crippen LogP contribution in [0, 0.1) is 5.92 Å². The largest absolute Gasteiger partial charge is 0.381 e. The summed E-state index contributed by atoms with van der Waals surface area (Å²) in [5.74, 6) is 2.06. The maximum atomic E-state index is 12.6. The first-order valence-electron chi connectivity index (χ1n) is 10.1. The van der Waals surface area contributed by atoms with Gasteiger partial charge in [0.2, 0.25) is 5.89 Å². The number of hydrogen-bond acceptors (Lipinski definition) is 6. The first-order valence-corrected chi connectivity index (χ1v) is 10.1. The van der Waals surface area contributed by atoms with Crippen molar-refractivity contribution in [2.75, 3.05) is 39.5 Å². The molecule has 28 heavy (non-hydrogen) atoms. The molecule has 152 valence electrons. The fourth-order valence-corrected chi connectivity index (χ4v) is 3.85. The van der Waals surface area contributed by atoms with E-state index in [1.54, 1.807) is 0 Å². The molecular weight excluding hydrogens is 360 g/mol. The molecule has 2 fully saturated rings. The summed E-state index contributed by atoms with van der Waals surface area (Å²) in [5, 5.41) is 4.09. The molecule has 0 saturated carbocycles. The van der Waals surface area contributed by atoms with Crippen LogP contribution < -0.4 is 0 Å². The summed E-state index contributed by atoms with van der Waals surface area (Å²) in [7, 11) is 1.88. The van der Waals surface area contributed by atoms with Crippen molar-refractivity contribution in [2.45, 2.75) is 31.6 Å². The van der Waals surface area contributed by atoms with Crippen molar-refractivity contribution in [1.29, 1.82) is 0 Å². The van der Waals surface area contributed by atoms with Crippen LogP contribution in [0.5, 0.6) is 0 Å². The molecule has 1 unspecified atom stereocenters. The van der Waals surface area contributed by atoms with Gasteiger partial charge in [-0.25, -0.2) is 0 Å². The van der Waals surface area contributed by atoms with E-state index in [4.69, 9.17) is 14.0 Å². The predicted octanol–water partition coefficient (Wildman–Crippen LogP) is 2.02. The highest BCUT2D eigenvalue weighted by molar-refractivity contribution is 5.93. The van der Waals surface area contributed by atoms with Crippen molar-refractivity contribution in [2.24, 2.45) is 13.0 Å². The van der Waals surface area contributed by atoms with Crippen LogP contribution in [0.1, 0.15) is 47.4 Å². The topological polar surface area (TPSA) is 82.6 Å². The zero-order valence-electron chi connectivity index (χ0n) is 16.4. The number of rotatable bonds is 7. The molecule has 0 radical (unpaired) electrons. The van der Waals surface area contributed by atoms with Crippen molar-refractivity contribution < 1.29 is 18.8 Å². The Morgan fingerprint density at radius 1 is 1.32 bits per heavy atom. The van der Waals surface area contributed by atoms with Gasteiger partial charge in [-0.15, -0.1) is 0 Å². The number of aromatic nitrogens is 3. The van der Waals surface area contributed by atoms with Gasteiger partial charge in [-0.2, -0.15) is 4.98 Å². The minimum atomic E-state index is 0.0521. The van der Waals surface area contributed by atoms with Crippen LogP contribution in [0.3, 0.4) is 0 Å². The van der Waals surface area contributed by atoms with E-state index in [-0.39, 0.29) is 11.8 Å². The van der Waals surface area contributed by atoms with Crippen molar-refractivity contribution >= 4 is 5.91 Å². The zero-order chi connectivity index (χ0) is 19.3. The molecule has 8 heteroatoms. The molecule has 2 aromatic heterocycles. The average molecular weight is 388 g/mol. The summed E-state index contributed by atoms with van der Waals surface area (Å²) >= 11 is 0. The summed E-state index contributed by atoms with van der Waals surface area (Å²) < 4.78 is 18.5. The highest BCUT2D eigenvalue weighted by Gasteiger charge is 2.32. The maximum absolute atomic E-state index is 12.6. The molecule has 1 amide bonds. The van der Waals surface area contributed by atoms with Crippen molar-refractivity contribution in [1.82, 2.24) is 19.6 Å². The van der Waals surface area contributed by atoms with E-state index in [1.165, 1.54) is 0 Å². The van der Waals surface area contributed by atoms with Crippen LogP contribution in [0.15, 0.2) is 22.9 Å². The van der Waals surface area contributed by atoms with E-state index < -0.39 is 0 Å². The van der Waals surface area contributed by atoms with Crippen molar-refractivity contribution in [3.8, 4) is 0 Å². The number of carbonyl (C=O) groups excluding carboxylic acids is 1. The number of aryl methyl sites for hydroxylation is 1. The number of ether oxygens (including phenoxy) is 2. The standard InChI is InChI=1S/C20H28N4O4/c1-23-8-2-3-17(23)20(25)24-9-4-16(13-24)19-21-18(22-28-19)7-12-27-14-15-5-10-26-11-6-15/h2-3,8,15-16H,4-7,9-14H2,1H3. The van der Waals surface area contributed by atoms with E-state index in [2.05, 4.69) is 10.1 Å². The summed E-state index contributed by atoms with van der Waals surface area (Å²) in [6, 6.07) is 3.73. The Kier molecular flexibility index (Phi) is 6.07. The molecule has 4 heterocycles. The van der Waals surface area contributed by atoms with Crippen LogP contribution in [0.2, 0.25) is 0 Å². The molecule has 2 aliphatic heterocycles. The lowest BCUT2D eigenvalue weighted by molar-refractivity contribution is 0.0211. The SMILES string of the molecule is Cn1cccc1C(=O)N1CCC(c2nc(CCOCC3CCOCC3)no2)C1. The van der Waals surface area contributed by atoms with Crippen LogP contribution in [-0.2, 0) is 22.9 Å². The van der Waals surface area contributed by atoms with Crippen LogP contribution in [0.25, 0.3) is 0 Å². The van der Waals surface area contributed by atoms with Crippen LogP contribution in [-0.4, -0.2) is 65.0 Å². The fourth-order valence-electron chi connectivity index (χ4n) is 3.85. The molecule has 0 aliphatic carbocycles. The first kappa shape index (κ1) is 19.1. The predicted molar refractivity (Wildman–Crippen MR) is 101 cm³/mol. The highest BCUT2D eigenvalue weighted by Crippen LogP contribution is 2.27. The molecule has 1 atom stereocenters. The molecular formula is C20H28N4O4. The Balaban J connectivity index is 1.23. The molecule has 4 rings (SSSR count). The summed E-state index contributed by atoms with van der Waals surface area (Å²) in [5.41, 5.74) is 0.702. The first-order chi connectivity index (χ1) is 13.7. The van der Waals surface area contributed by atoms with Gasteiger partial charge in [0.25, 0.3) is 5.91 Å². The van der Waals surface area contributed by atoms with Gasteiger partial charge in [0.15, 0.2) is 5.82 Å². The van der Waals surface area contributed by atoms with E-state index in [1.807, 2.05) is 34.8 Å². The third kappa shape index (κ3) is 4.44. The molecule has 0 aromatic carbocycles. The Bertz CT molecular complexity index is 781. The molecule has 2 saturated heterocycles. The second-order valence-corrected chi connectivity index (χ2v) is 7.67. The maximum Gasteiger partial charge on any atom is 0.270 e. The van der Waals surface area contributed by atoms with Gasteiger partial charge in [-0.05, 0) is 37.3 Å². The van der Waals surface area contributed by atoms with Gasteiger partial charge in [-0.1, -0.05) is 5.16 Å². The molecule has 2 aliphatic rings. The summed E-state index contributed by atoms with van der Waals surface area (Å²) in [6.45, 7) is 4.37. The molecule has 0 spiro atoms. The number of amides is 1. The lowest BCUT2D eigenvalue weighted by Crippen LogP contribution is -2.29. The lowest BCUT2D eigenvalue weighted by Gasteiger charge is -2.21. The van der Waals surface area contributed by atoms with Gasteiger partial charge in [0, 0.05) is 52.6 Å². The van der Waals surface area contributed by atoms with Gasteiger partial charge in [-0.3, -0.25) is 4.79 Å². The highest BCUT2D eigenvalue weighted by atomic mass is 16.5. The van der Waals surface area contributed by atoms with E-state index in [0.29, 0.717) is 49.4 Å². The molecule has 0 bridgehead atoms. The Hall–Kier alpha value is -2.19. The molecule has 8 nitrogen and oxygen atoms in total. The number of nitrogens with zero attached hydrogens (tertiary/aromatic N) is 4. The van der Waals surface area contributed by atoms with Gasteiger partial charge < -0.3 is 23.5 Å². The normalized spacial score (nSPS) is 20.8. The number of likely N-dealkylation sites (tertiary alicyclic amines) is 1. The third-order valence-electron chi connectivity index (χ3n) is 5.64. The monoisotopic (exact) mass is 388 g/mol. The molecule has 0 N–H and O–H groups in total. The number of carbonyl (C=O) groups is 1. The minimum Gasteiger partial charge on any atom is -0.381 e. The number of hydrogen-bond donors (Lipinski definition) is 0. The third-order valence-corrected chi connectivity index (χ3v) is 5.64. The minimum absolute atomic E-state index is 0.0521. The quantitative estimate of drug-likeness (QED) is 0.675. The van der Waals surface area contributed by atoms with Crippen molar-refractivity contribution in [3.63, 3.8) is 0 Å². The van der Waals surface area contributed by atoms with E-state index in [0.717, 1.165) is 39.1 Å². The van der Waals surface area contributed by atoms with Gasteiger partial charge in [0.1, 0.15) is 5.69 Å². The van der Waals surface area contributed by atoms with Crippen LogP contribution in [0.4, 0.5) is 0 Å². The second kappa shape index (κ2) is 8.87. The van der Waals surface area contributed by atoms with Gasteiger partial charge in [0.05, 0.1) is 12.5 Å². The second-order valence-electron chi connectivity index (χ2n) is 7.67. The Labute approximate surface area is 164 Å². The Morgan fingerprint density at radius 2 is 2.18 bits per heavy atom. The average Bonchev–Trinajstić information content (AvgIpc) is 3.46. The van der Waals surface area contributed by atoms with Gasteiger partial charge >= 0.3 is 0 Å². The zero-order valence-corrected chi connectivity index (χ0v) is 16.4. The smallest absolute Gasteiger partial charge is 0.270 e.